The van der Waals surface area contributed by atoms with Crippen LogP contribution in [-0.4, -0.2) is 18.3 Å². The highest BCUT2D eigenvalue weighted by atomic mass is 79.9. The van der Waals surface area contributed by atoms with Crippen LogP contribution in [0.3, 0.4) is 0 Å². The van der Waals surface area contributed by atoms with E-state index in [1.807, 2.05) is 55.5 Å². The van der Waals surface area contributed by atoms with E-state index >= 15 is 0 Å². The van der Waals surface area contributed by atoms with Gasteiger partial charge in [-0.3, -0.25) is 4.79 Å². The van der Waals surface area contributed by atoms with Crippen LogP contribution in [0.15, 0.2) is 53.0 Å². The lowest BCUT2D eigenvalue weighted by atomic mass is 10.2. The molecule has 0 saturated heterocycles. The van der Waals surface area contributed by atoms with Crippen LogP contribution in [0.1, 0.15) is 12.5 Å². The van der Waals surface area contributed by atoms with Gasteiger partial charge in [0.2, 0.25) is 5.91 Å². The van der Waals surface area contributed by atoms with Crippen molar-refractivity contribution in [3.8, 4) is 5.75 Å². The van der Waals surface area contributed by atoms with E-state index in [2.05, 4.69) is 21.2 Å². The Kier molecular flexibility index (Phi) is 6.80. The Morgan fingerprint density at radius 2 is 2.05 bits per heavy atom. The summed E-state index contributed by atoms with van der Waals surface area (Å²) in [6, 6.07) is 15.5. The summed E-state index contributed by atoms with van der Waals surface area (Å²) in [6.07, 6.45) is 0. The fourth-order valence-electron chi connectivity index (χ4n) is 1.94. The largest absolute Gasteiger partial charge is 0.494 e. The molecule has 1 amide bonds. The van der Waals surface area contributed by atoms with Gasteiger partial charge >= 0.3 is 0 Å². The summed E-state index contributed by atoms with van der Waals surface area (Å²) < 4.78 is 6.53. The molecule has 1 N–H and O–H groups in total. The maximum atomic E-state index is 11.9. The van der Waals surface area contributed by atoms with E-state index in [0.717, 1.165) is 27.2 Å². The van der Waals surface area contributed by atoms with Gasteiger partial charge in [-0.2, -0.15) is 0 Å². The molecule has 3 nitrogen and oxygen atoms in total. The van der Waals surface area contributed by atoms with Gasteiger partial charge in [0.25, 0.3) is 0 Å². The number of halogens is 1. The number of carbonyl (C=O) groups excluding carboxylic acids is 1. The molecule has 0 saturated carbocycles. The molecule has 0 fully saturated rings. The molecule has 0 radical (unpaired) electrons. The van der Waals surface area contributed by atoms with E-state index in [1.165, 1.54) is 0 Å². The number of carbonyl (C=O) groups is 1. The molecular weight excluding hydrogens is 362 g/mol. The predicted octanol–water partition coefficient (Wildman–Crippen LogP) is 4.72. The number of rotatable bonds is 7. The third-order valence-electron chi connectivity index (χ3n) is 2.87. The van der Waals surface area contributed by atoms with Crippen LogP contribution in [0, 0.1) is 0 Å². The van der Waals surface area contributed by atoms with Crippen molar-refractivity contribution in [2.24, 2.45) is 0 Å². The molecule has 22 heavy (non-hydrogen) atoms. The normalized spacial score (nSPS) is 10.3. The highest BCUT2D eigenvalue weighted by Gasteiger charge is 2.06. The highest BCUT2D eigenvalue weighted by molar-refractivity contribution is 9.10. The Balaban J connectivity index is 1.82. The molecular formula is C17H18BrNO2S. The second-order valence-electron chi connectivity index (χ2n) is 4.59. The standard InChI is InChI=1S/C17H18BrNO2S/c1-2-21-16-9-4-3-6-13(16)11-22-12-17(20)19-15-8-5-7-14(18)10-15/h3-10H,2,11-12H2,1H3,(H,19,20). The Morgan fingerprint density at radius 3 is 2.82 bits per heavy atom. The molecule has 0 aliphatic rings. The zero-order chi connectivity index (χ0) is 15.8. The number of hydrogen-bond donors (Lipinski definition) is 1. The first-order valence-electron chi connectivity index (χ1n) is 7.03. The van der Waals surface area contributed by atoms with Crippen molar-refractivity contribution in [3.05, 3.63) is 58.6 Å². The SMILES string of the molecule is CCOc1ccccc1CSCC(=O)Nc1cccc(Br)c1. The molecule has 0 atom stereocenters. The fraction of sp³-hybridized carbons (Fsp3) is 0.235. The lowest BCUT2D eigenvalue weighted by Crippen LogP contribution is -2.14. The molecule has 0 unspecified atom stereocenters. The molecule has 0 aromatic heterocycles. The number of ether oxygens (including phenoxy) is 1. The average molecular weight is 380 g/mol. The van der Waals surface area contributed by atoms with Gasteiger partial charge in [0.15, 0.2) is 0 Å². The molecule has 0 aliphatic heterocycles. The Hall–Kier alpha value is -1.46. The first-order chi connectivity index (χ1) is 10.7. The van der Waals surface area contributed by atoms with Crippen LogP contribution in [0.5, 0.6) is 5.75 Å². The van der Waals surface area contributed by atoms with Crippen molar-refractivity contribution in [2.45, 2.75) is 12.7 Å². The molecule has 116 valence electrons. The first kappa shape index (κ1) is 16.9. The number of para-hydroxylation sites is 1. The lowest BCUT2D eigenvalue weighted by Gasteiger charge is -2.10. The number of hydrogen-bond acceptors (Lipinski definition) is 3. The van der Waals surface area contributed by atoms with Gasteiger partial charge in [0.1, 0.15) is 5.75 Å². The van der Waals surface area contributed by atoms with Gasteiger partial charge in [-0.05, 0) is 31.2 Å². The van der Waals surface area contributed by atoms with Crippen molar-refractivity contribution < 1.29 is 9.53 Å². The highest BCUT2D eigenvalue weighted by Crippen LogP contribution is 2.23. The summed E-state index contributed by atoms with van der Waals surface area (Å²) >= 11 is 4.96. The number of anilines is 1. The number of amides is 1. The summed E-state index contributed by atoms with van der Waals surface area (Å²) in [5.74, 6) is 2.05. The first-order valence-corrected chi connectivity index (χ1v) is 8.97. The Bertz CT molecular complexity index is 634. The Labute approximate surface area is 143 Å². The molecule has 5 heteroatoms. The van der Waals surface area contributed by atoms with Gasteiger partial charge in [0, 0.05) is 21.5 Å². The van der Waals surface area contributed by atoms with E-state index in [0.29, 0.717) is 12.4 Å². The zero-order valence-electron chi connectivity index (χ0n) is 12.3. The molecule has 0 spiro atoms. The number of thioether (sulfide) groups is 1. The van der Waals surface area contributed by atoms with Crippen molar-refractivity contribution in [3.63, 3.8) is 0 Å². The predicted molar refractivity (Wildman–Crippen MR) is 96.5 cm³/mol. The van der Waals surface area contributed by atoms with Gasteiger partial charge < -0.3 is 10.1 Å². The van der Waals surface area contributed by atoms with E-state index in [4.69, 9.17) is 4.74 Å². The van der Waals surface area contributed by atoms with Crippen LogP contribution in [0.25, 0.3) is 0 Å². The summed E-state index contributed by atoms with van der Waals surface area (Å²) in [5.41, 5.74) is 1.92. The van der Waals surface area contributed by atoms with Crippen LogP contribution in [-0.2, 0) is 10.5 Å². The van der Waals surface area contributed by atoms with E-state index in [1.54, 1.807) is 11.8 Å². The fourth-order valence-corrected chi connectivity index (χ4v) is 3.15. The van der Waals surface area contributed by atoms with Crippen molar-refractivity contribution >= 4 is 39.3 Å². The quantitative estimate of drug-likeness (QED) is 0.756. The summed E-state index contributed by atoms with van der Waals surface area (Å²) in [6.45, 7) is 2.61. The molecule has 2 aromatic rings. The van der Waals surface area contributed by atoms with Gasteiger partial charge in [0.05, 0.1) is 12.4 Å². The molecule has 0 bridgehead atoms. The van der Waals surface area contributed by atoms with Gasteiger partial charge in [-0.25, -0.2) is 0 Å². The van der Waals surface area contributed by atoms with E-state index in [-0.39, 0.29) is 5.91 Å². The summed E-state index contributed by atoms with van der Waals surface area (Å²) in [4.78, 5) is 11.9. The van der Waals surface area contributed by atoms with E-state index in [9.17, 15) is 4.79 Å². The minimum atomic E-state index is -0.00279. The van der Waals surface area contributed by atoms with E-state index < -0.39 is 0 Å². The smallest absolute Gasteiger partial charge is 0.234 e. The second-order valence-corrected chi connectivity index (χ2v) is 6.49. The minimum Gasteiger partial charge on any atom is -0.494 e. The maximum absolute atomic E-state index is 11.9. The van der Waals surface area contributed by atoms with Crippen LogP contribution < -0.4 is 10.1 Å². The third kappa shape index (κ3) is 5.39. The van der Waals surface area contributed by atoms with Crippen LogP contribution in [0.2, 0.25) is 0 Å². The zero-order valence-corrected chi connectivity index (χ0v) is 14.7. The number of benzene rings is 2. The topological polar surface area (TPSA) is 38.3 Å². The third-order valence-corrected chi connectivity index (χ3v) is 4.35. The van der Waals surface area contributed by atoms with Crippen molar-refractivity contribution in [2.75, 3.05) is 17.7 Å². The van der Waals surface area contributed by atoms with Gasteiger partial charge in [-0.1, -0.05) is 40.2 Å². The number of nitrogens with one attached hydrogen (secondary N) is 1. The summed E-state index contributed by atoms with van der Waals surface area (Å²) in [7, 11) is 0. The Morgan fingerprint density at radius 1 is 1.23 bits per heavy atom. The monoisotopic (exact) mass is 379 g/mol. The second kappa shape index (κ2) is 8.86. The summed E-state index contributed by atoms with van der Waals surface area (Å²) in [5, 5.41) is 2.89. The molecule has 2 rings (SSSR count). The maximum Gasteiger partial charge on any atom is 0.234 e. The van der Waals surface area contributed by atoms with Crippen LogP contribution >= 0.6 is 27.7 Å². The van der Waals surface area contributed by atoms with Crippen molar-refractivity contribution in [1.29, 1.82) is 0 Å². The molecule has 0 aliphatic carbocycles. The lowest BCUT2D eigenvalue weighted by molar-refractivity contribution is -0.113. The van der Waals surface area contributed by atoms with Gasteiger partial charge in [-0.15, -0.1) is 11.8 Å². The molecule has 0 heterocycles. The minimum absolute atomic E-state index is 0.00279. The molecule has 2 aromatic carbocycles. The average Bonchev–Trinajstić information content (AvgIpc) is 2.49. The van der Waals surface area contributed by atoms with Crippen LogP contribution in [0.4, 0.5) is 5.69 Å². The van der Waals surface area contributed by atoms with Crippen molar-refractivity contribution in [1.82, 2.24) is 0 Å².